The van der Waals surface area contributed by atoms with Gasteiger partial charge in [-0.3, -0.25) is 0 Å². The van der Waals surface area contributed by atoms with Crippen LogP contribution < -0.4 is 0 Å². The van der Waals surface area contributed by atoms with Crippen LogP contribution in [0.4, 0.5) is 0 Å². The molecule has 0 aliphatic heterocycles. The summed E-state index contributed by atoms with van der Waals surface area (Å²) in [7, 11) is 0. The normalized spacial score (nSPS) is 7.50. The highest BCUT2D eigenvalue weighted by atomic mass is 16.5. The van der Waals surface area contributed by atoms with Gasteiger partial charge in [-0.25, -0.2) is 0 Å². The maximum atomic E-state index is 4.62. The van der Waals surface area contributed by atoms with Gasteiger partial charge in [0.2, 0.25) is 0 Å². The van der Waals surface area contributed by atoms with Gasteiger partial charge in [0, 0.05) is 0 Å². The third-order valence-corrected chi connectivity index (χ3v) is 0.359. The van der Waals surface area contributed by atoms with Gasteiger partial charge in [-0.2, -0.15) is 0 Å². The van der Waals surface area contributed by atoms with Gasteiger partial charge in [-0.05, 0) is 6.42 Å². The van der Waals surface area contributed by atoms with Crippen LogP contribution in [0.1, 0.15) is 13.3 Å². The zero-order chi connectivity index (χ0) is 4.83. The second-order valence-electron chi connectivity index (χ2n) is 0.878. The molecule has 6 heavy (non-hydrogen) atoms. The van der Waals surface area contributed by atoms with Gasteiger partial charge in [-0.1, -0.05) is 13.5 Å². The minimum Gasteiger partial charge on any atom is -0.495 e. The van der Waals surface area contributed by atoms with Crippen LogP contribution in [0.15, 0.2) is 12.8 Å². The third kappa shape index (κ3) is 3.54. The van der Waals surface area contributed by atoms with E-state index < -0.39 is 0 Å². The summed E-state index contributed by atoms with van der Waals surface area (Å²) in [5.41, 5.74) is 0. The van der Waals surface area contributed by atoms with Gasteiger partial charge in [0.15, 0.2) is 0 Å². The molecule has 0 spiro atoms. The zero-order valence-corrected chi connectivity index (χ0v) is 3.98. The summed E-state index contributed by atoms with van der Waals surface area (Å²) in [4.78, 5) is 0. The lowest BCUT2D eigenvalue weighted by Crippen LogP contribution is -1.69. The maximum Gasteiger partial charge on any atom is 0.134 e. The first-order valence-electron chi connectivity index (χ1n) is 2.00. The second kappa shape index (κ2) is 4.54. The average Bonchev–Trinajstić information content (AvgIpc) is 1.61. The summed E-state index contributed by atoms with van der Waals surface area (Å²) >= 11 is 0. The summed E-state index contributed by atoms with van der Waals surface area (Å²) in [5, 5.41) is 0. The number of hydrogen-bond donors (Lipinski definition) is 0. The Bertz CT molecular complexity index is 32.9. The van der Waals surface area contributed by atoms with E-state index in [2.05, 4.69) is 11.3 Å². The first-order chi connectivity index (χ1) is 2.91. The smallest absolute Gasteiger partial charge is 0.134 e. The summed E-state index contributed by atoms with van der Waals surface area (Å²) in [5.74, 6) is 0. The summed E-state index contributed by atoms with van der Waals surface area (Å²) in [6, 6.07) is 0. The van der Waals surface area contributed by atoms with E-state index in [1.54, 1.807) is 6.61 Å². The fourth-order valence-corrected chi connectivity index (χ4v) is 0.164. The van der Waals surface area contributed by atoms with Crippen molar-refractivity contribution in [2.24, 2.45) is 0 Å². The lowest BCUT2D eigenvalue weighted by atomic mass is 10.5. The minimum absolute atomic E-state index is 0.937. The van der Waals surface area contributed by atoms with Crippen molar-refractivity contribution < 1.29 is 4.74 Å². The Morgan fingerprint density at radius 3 is 2.67 bits per heavy atom. The molecule has 0 amide bonds. The Morgan fingerprint density at radius 1 is 1.83 bits per heavy atom. The molecule has 0 heterocycles. The first-order valence-corrected chi connectivity index (χ1v) is 2.00. The fourth-order valence-electron chi connectivity index (χ4n) is 0.164. The molecule has 0 aromatic heterocycles. The lowest BCUT2D eigenvalue weighted by Gasteiger charge is -1.88. The molecule has 0 N–H and O–H groups in total. The number of ether oxygens (including phenoxy) is 1. The van der Waals surface area contributed by atoms with Gasteiger partial charge in [0.25, 0.3) is 0 Å². The van der Waals surface area contributed by atoms with Crippen LogP contribution in [0.25, 0.3) is 0 Å². The van der Waals surface area contributed by atoms with Gasteiger partial charge >= 0.3 is 0 Å². The van der Waals surface area contributed by atoms with E-state index >= 15 is 0 Å². The first kappa shape index (κ1) is 5.54. The molecule has 1 radical (unpaired) electrons. The molecule has 0 saturated heterocycles. The van der Waals surface area contributed by atoms with Crippen LogP contribution in [-0.4, -0.2) is 0 Å². The van der Waals surface area contributed by atoms with Crippen molar-refractivity contribution in [1.29, 1.82) is 0 Å². The van der Waals surface area contributed by atoms with Gasteiger partial charge in [0.05, 0.1) is 6.26 Å². The Hall–Kier alpha value is -0.460. The lowest BCUT2D eigenvalue weighted by molar-refractivity contribution is 0.327. The van der Waals surface area contributed by atoms with E-state index in [1.165, 1.54) is 6.26 Å². The molecule has 0 rings (SSSR count). The summed E-state index contributed by atoms with van der Waals surface area (Å²) < 4.78 is 4.62. The van der Waals surface area contributed by atoms with Crippen molar-refractivity contribution in [3.05, 3.63) is 19.4 Å². The Labute approximate surface area is 38.6 Å². The quantitative estimate of drug-likeness (QED) is 0.374. The van der Waals surface area contributed by atoms with Crippen LogP contribution in [0.5, 0.6) is 0 Å². The zero-order valence-electron chi connectivity index (χ0n) is 3.98. The molecule has 0 aromatic rings. The van der Waals surface area contributed by atoms with Crippen molar-refractivity contribution in [1.82, 2.24) is 0 Å². The number of hydrogen-bond acceptors (Lipinski definition) is 1. The molecule has 0 atom stereocenters. The van der Waals surface area contributed by atoms with E-state index in [9.17, 15) is 0 Å². The SMILES string of the molecule is C=CO[CH]CC. The van der Waals surface area contributed by atoms with Crippen molar-refractivity contribution in [3.63, 3.8) is 0 Å². The standard InChI is InChI=1S/C5H9O/c1-3-5-6-4-2/h4-5H,2-3H2,1H3. The molecule has 1 nitrogen and oxygen atoms in total. The Balaban J connectivity index is 2.49. The van der Waals surface area contributed by atoms with Crippen LogP contribution >= 0.6 is 0 Å². The van der Waals surface area contributed by atoms with Crippen LogP contribution in [0.3, 0.4) is 0 Å². The molecule has 0 bridgehead atoms. The molecule has 1 heteroatoms. The van der Waals surface area contributed by atoms with Crippen molar-refractivity contribution >= 4 is 0 Å². The van der Waals surface area contributed by atoms with Crippen LogP contribution in [-0.2, 0) is 4.74 Å². The highest BCUT2D eigenvalue weighted by molar-refractivity contribution is 4.54. The molecule has 0 aliphatic rings. The monoisotopic (exact) mass is 85.1 g/mol. The largest absolute Gasteiger partial charge is 0.495 e. The van der Waals surface area contributed by atoms with Gasteiger partial charge in [0.1, 0.15) is 6.61 Å². The molecule has 0 fully saturated rings. The van der Waals surface area contributed by atoms with Crippen molar-refractivity contribution in [2.75, 3.05) is 0 Å². The number of rotatable bonds is 3. The predicted octanol–water partition coefficient (Wildman–Crippen LogP) is 1.72. The highest BCUT2D eigenvalue weighted by Crippen LogP contribution is 1.84. The molecule has 0 aromatic carbocycles. The Kier molecular flexibility index (Phi) is 4.19. The Morgan fingerprint density at radius 2 is 2.50 bits per heavy atom. The molecule has 0 aliphatic carbocycles. The molecule has 35 valence electrons. The maximum absolute atomic E-state index is 4.62. The predicted molar refractivity (Wildman–Crippen MR) is 25.9 cm³/mol. The van der Waals surface area contributed by atoms with E-state index in [0.717, 1.165) is 6.42 Å². The fraction of sp³-hybridized carbons (Fsp3) is 0.400. The van der Waals surface area contributed by atoms with Gasteiger partial charge < -0.3 is 4.74 Å². The van der Waals surface area contributed by atoms with E-state index in [-0.39, 0.29) is 0 Å². The van der Waals surface area contributed by atoms with Crippen LogP contribution in [0, 0.1) is 6.61 Å². The summed E-state index contributed by atoms with van der Waals surface area (Å²) in [6.07, 6.45) is 2.34. The third-order valence-electron chi connectivity index (χ3n) is 0.359. The molecule has 0 saturated carbocycles. The molecule has 0 unspecified atom stereocenters. The average molecular weight is 85.1 g/mol. The topological polar surface area (TPSA) is 9.23 Å². The van der Waals surface area contributed by atoms with E-state index in [1.807, 2.05) is 6.92 Å². The highest BCUT2D eigenvalue weighted by Gasteiger charge is 1.70. The van der Waals surface area contributed by atoms with E-state index in [0.29, 0.717) is 0 Å². The minimum atomic E-state index is 0.937. The second-order valence-corrected chi connectivity index (χ2v) is 0.878. The van der Waals surface area contributed by atoms with E-state index in [4.69, 9.17) is 0 Å². The van der Waals surface area contributed by atoms with Crippen molar-refractivity contribution in [2.45, 2.75) is 13.3 Å². The van der Waals surface area contributed by atoms with Gasteiger partial charge in [-0.15, -0.1) is 0 Å². The van der Waals surface area contributed by atoms with Crippen molar-refractivity contribution in [3.8, 4) is 0 Å². The molecular weight excluding hydrogens is 76.1 g/mol. The molecular formula is C5H9O. The summed E-state index contributed by atoms with van der Waals surface area (Å²) in [6.45, 7) is 7.04. The van der Waals surface area contributed by atoms with Crippen LogP contribution in [0.2, 0.25) is 0 Å².